The third-order valence-electron chi connectivity index (χ3n) is 2.63. The van der Waals surface area contributed by atoms with Gasteiger partial charge in [-0.25, -0.2) is 0 Å². The Kier molecular flexibility index (Phi) is 3.98. The fourth-order valence-corrected chi connectivity index (χ4v) is 1.66. The Morgan fingerprint density at radius 2 is 2.33 bits per heavy atom. The maximum Gasteiger partial charge on any atom is 0.0495 e. The Balaban J connectivity index is 2.26. The first kappa shape index (κ1) is 9.96. The van der Waals surface area contributed by atoms with Gasteiger partial charge in [-0.05, 0) is 24.7 Å². The summed E-state index contributed by atoms with van der Waals surface area (Å²) in [6.07, 6.45) is 2.35. The van der Waals surface area contributed by atoms with E-state index in [2.05, 4.69) is 19.3 Å². The van der Waals surface area contributed by atoms with Gasteiger partial charge in [0.05, 0.1) is 0 Å². The van der Waals surface area contributed by atoms with Crippen molar-refractivity contribution in [2.45, 2.75) is 32.7 Å². The van der Waals surface area contributed by atoms with Crippen LogP contribution in [0.4, 0.5) is 0 Å². The van der Waals surface area contributed by atoms with E-state index in [9.17, 15) is 0 Å². The maximum atomic E-state index is 5.46. The van der Waals surface area contributed by atoms with Crippen molar-refractivity contribution in [1.82, 2.24) is 5.43 Å². The van der Waals surface area contributed by atoms with E-state index in [1.54, 1.807) is 0 Å². The second-order valence-corrected chi connectivity index (χ2v) is 3.98. The van der Waals surface area contributed by atoms with Crippen LogP contribution in [0.5, 0.6) is 0 Å². The van der Waals surface area contributed by atoms with Crippen LogP contribution in [0.3, 0.4) is 0 Å². The quantitative estimate of drug-likeness (QED) is 0.489. The van der Waals surface area contributed by atoms with Crippen LogP contribution in [0.15, 0.2) is 0 Å². The van der Waals surface area contributed by atoms with E-state index in [1.165, 1.54) is 6.42 Å². The predicted octanol–water partition coefficient (Wildman–Crippen LogP) is 0.901. The number of nitrogens with one attached hydrogen (secondary N) is 1. The summed E-state index contributed by atoms with van der Waals surface area (Å²) >= 11 is 0. The monoisotopic (exact) mass is 172 g/mol. The zero-order chi connectivity index (χ0) is 8.97. The molecule has 0 radical (unpaired) electrons. The first-order valence-electron chi connectivity index (χ1n) is 4.78. The van der Waals surface area contributed by atoms with Crippen molar-refractivity contribution in [3.63, 3.8) is 0 Å². The first-order chi connectivity index (χ1) is 5.74. The zero-order valence-corrected chi connectivity index (χ0v) is 8.05. The van der Waals surface area contributed by atoms with Crippen molar-refractivity contribution in [1.29, 1.82) is 0 Å². The van der Waals surface area contributed by atoms with Gasteiger partial charge < -0.3 is 4.74 Å². The summed E-state index contributed by atoms with van der Waals surface area (Å²) in [7, 11) is 0. The summed E-state index contributed by atoms with van der Waals surface area (Å²) in [6, 6.07) is 0.441. The van der Waals surface area contributed by atoms with Crippen LogP contribution in [0, 0.1) is 11.8 Å². The minimum absolute atomic E-state index is 0.441. The molecule has 0 aliphatic carbocycles. The average Bonchev–Trinajstić information content (AvgIpc) is 2.51. The Morgan fingerprint density at radius 3 is 2.75 bits per heavy atom. The van der Waals surface area contributed by atoms with Gasteiger partial charge in [0, 0.05) is 19.3 Å². The van der Waals surface area contributed by atoms with Gasteiger partial charge in [-0.1, -0.05) is 13.8 Å². The van der Waals surface area contributed by atoms with Crippen molar-refractivity contribution >= 4 is 0 Å². The van der Waals surface area contributed by atoms with Crippen LogP contribution in [0.25, 0.3) is 0 Å². The van der Waals surface area contributed by atoms with Gasteiger partial charge in [-0.15, -0.1) is 0 Å². The summed E-state index contributed by atoms with van der Waals surface area (Å²) < 4.78 is 5.31. The molecule has 1 heterocycles. The standard InChI is InChI=1S/C9H20N2O/c1-7(2)9(11-10)5-8-3-4-12-6-8/h7-9,11H,3-6,10H2,1-2H3. The molecule has 12 heavy (non-hydrogen) atoms. The molecule has 1 aliphatic rings. The van der Waals surface area contributed by atoms with Crippen molar-refractivity contribution in [3.05, 3.63) is 0 Å². The third-order valence-corrected chi connectivity index (χ3v) is 2.63. The largest absolute Gasteiger partial charge is 0.381 e. The smallest absolute Gasteiger partial charge is 0.0495 e. The van der Waals surface area contributed by atoms with Crippen molar-refractivity contribution in [2.24, 2.45) is 17.7 Å². The molecule has 1 saturated heterocycles. The minimum Gasteiger partial charge on any atom is -0.381 e. The molecule has 0 spiro atoms. The topological polar surface area (TPSA) is 47.3 Å². The van der Waals surface area contributed by atoms with E-state index in [-0.39, 0.29) is 0 Å². The van der Waals surface area contributed by atoms with E-state index < -0.39 is 0 Å². The molecule has 1 rings (SSSR count). The molecule has 2 atom stereocenters. The average molecular weight is 172 g/mol. The van der Waals surface area contributed by atoms with Gasteiger partial charge in [0.25, 0.3) is 0 Å². The van der Waals surface area contributed by atoms with Crippen LogP contribution in [0.2, 0.25) is 0 Å². The number of rotatable bonds is 4. The molecule has 1 aliphatic heterocycles. The van der Waals surface area contributed by atoms with E-state index in [0.29, 0.717) is 17.9 Å². The van der Waals surface area contributed by atoms with Gasteiger partial charge in [0.1, 0.15) is 0 Å². The summed E-state index contributed by atoms with van der Waals surface area (Å²) in [5, 5.41) is 0. The third kappa shape index (κ3) is 2.73. The Hall–Kier alpha value is -0.120. The fourth-order valence-electron chi connectivity index (χ4n) is 1.66. The number of hydrazine groups is 1. The normalized spacial score (nSPS) is 26.5. The van der Waals surface area contributed by atoms with Gasteiger partial charge >= 0.3 is 0 Å². The molecular weight excluding hydrogens is 152 g/mol. The molecule has 0 bridgehead atoms. The van der Waals surface area contributed by atoms with Crippen molar-refractivity contribution < 1.29 is 4.74 Å². The van der Waals surface area contributed by atoms with E-state index in [0.717, 1.165) is 19.6 Å². The molecular formula is C9H20N2O. The van der Waals surface area contributed by atoms with Crippen molar-refractivity contribution in [3.8, 4) is 0 Å². The van der Waals surface area contributed by atoms with Gasteiger partial charge in [0.15, 0.2) is 0 Å². The second-order valence-electron chi connectivity index (χ2n) is 3.98. The fraction of sp³-hybridized carbons (Fsp3) is 1.00. The molecule has 0 aromatic carbocycles. The first-order valence-corrected chi connectivity index (χ1v) is 4.78. The summed E-state index contributed by atoms with van der Waals surface area (Å²) in [6.45, 7) is 6.24. The molecule has 3 nitrogen and oxygen atoms in total. The lowest BCUT2D eigenvalue weighted by molar-refractivity contribution is 0.179. The Bertz CT molecular complexity index is 122. The van der Waals surface area contributed by atoms with Crippen LogP contribution < -0.4 is 11.3 Å². The highest BCUT2D eigenvalue weighted by molar-refractivity contribution is 4.74. The lowest BCUT2D eigenvalue weighted by Gasteiger charge is -2.22. The Morgan fingerprint density at radius 1 is 1.58 bits per heavy atom. The molecule has 72 valence electrons. The van der Waals surface area contributed by atoms with Crippen molar-refractivity contribution in [2.75, 3.05) is 13.2 Å². The van der Waals surface area contributed by atoms with Crippen LogP contribution >= 0.6 is 0 Å². The van der Waals surface area contributed by atoms with Gasteiger partial charge in [-0.2, -0.15) is 0 Å². The second kappa shape index (κ2) is 4.80. The summed E-state index contributed by atoms with van der Waals surface area (Å²) in [4.78, 5) is 0. The van der Waals surface area contributed by atoms with E-state index in [4.69, 9.17) is 10.6 Å². The van der Waals surface area contributed by atoms with E-state index in [1.807, 2.05) is 0 Å². The number of hydrogen-bond acceptors (Lipinski definition) is 3. The summed E-state index contributed by atoms with van der Waals surface area (Å²) in [5.41, 5.74) is 2.87. The summed E-state index contributed by atoms with van der Waals surface area (Å²) in [5.74, 6) is 6.78. The highest BCUT2D eigenvalue weighted by atomic mass is 16.5. The maximum absolute atomic E-state index is 5.46. The Labute approximate surface area is 74.6 Å². The van der Waals surface area contributed by atoms with Gasteiger partial charge in [-0.3, -0.25) is 11.3 Å². The number of nitrogens with two attached hydrogens (primary N) is 1. The molecule has 0 saturated carbocycles. The molecule has 3 N–H and O–H groups in total. The van der Waals surface area contributed by atoms with Crippen LogP contribution in [-0.2, 0) is 4.74 Å². The molecule has 3 heteroatoms. The van der Waals surface area contributed by atoms with Crippen LogP contribution in [0.1, 0.15) is 26.7 Å². The molecule has 0 amide bonds. The van der Waals surface area contributed by atoms with Gasteiger partial charge in [0.2, 0.25) is 0 Å². The number of hydrogen-bond donors (Lipinski definition) is 2. The number of ether oxygens (including phenoxy) is 1. The molecule has 0 aromatic heterocycles. The molecule has 2 unspecified atom stereocenters. The van der Waals surface area contributed by atoms with E-state index >= 15 is 0 Å². The van der Waals surface area contributed by atoms with Crippen LogP contribution in [-0.4, -0.2) is 19.3 Å². The zero-order valence-electron chi connectivity index (χ0n) is 8.05. The SMILES string of the molecule is CC(C)C(CC1CCOC1)NN. The highest BCUT2D eigenvalue weighted by Gasteiger charge is 2.21. The highest BCUT2D eigenvalue weighted by Crippen LogP contribution is 2.20. The minimum atomic E-state index is 0.441. The molecule has 0 aromatic rings. The molecule has 1 fully saturated rings. The lowest BCUT2D eigenvalue weighted by atomic mass is 9.93. The predicted molar refractivity (Wildman–Crippen MR) is 49.5 cm³/mol. The lowest BCUT2D eigenvalue weighted by Crippen LogP contribution is -2.40.